The number of rotatable bonds is 4. The highest BCUT2D eigenvalue weighted by Gasteiger charge is 2.39. The Morgan fingerprint density at radius 1 is 1.50 bits per heavy atom. The van der Waals surface area contributed by atoms with E-state index in [0.29, 0.717) is 6.54 Å². The SMILES string of the molecule is Cc1cscc1CNCC(C#N)C(F)(F)F. The van der Waals surface area contributed by atoms with Gasteiger partial charge >= 0.3 is 6.18 Å². The lowest BCUT2D eigenvalue weighted by Crippen LogP contribution is -2.32. The maximum absolute atomic E-state index is 12.2. The number of aryl methyl sites for hydroxylation is 1. The Morgan fingerprint density at radius 2 is 2.19 bits per heavy atom. The van der Waals surface area contributed by atoms with E-state index in [-0.39, 0.29) is 6.54 Å². The second kappa shape index (κ2) is 5.32. The lowest BCUT2D eigenvalue weighted by Gasteiger charge is -2.13. The summed E-state index contributed by atoms with van der Waals surface area (Å²) in [7, 11) is 0. The molecule has 0 saturated heterocycles. The number of nitrogens with one attached hydrogen (secondary N) is 1. The summed E-state index contributed by atoms with van der Waals surface area (Å²) in [4.78, 5) is 0. The quantitative estimate of drug-likeness (QED) is 0.889. The van der Waals surface area contributed by atoms with E-state index in [9.17, 15) is 13.2 Å². The molecule has 1 aromatic rings. The van der Waals surface area contributed by atoms with Gasteiger partial charge in [-0.15, -0.1) is 0 Å². The first-order chi connectivity index (χ1) is 7.45. The van der Waals surface area contributed by atoms with Crippen LogP contribution in [0.25, 0.3) is 0 Å². The Bertz CT molecular complexity index is 378. The van der Waals surface area contributed by atoms with E-state index in [2.05, 4.69) is 5.32 Å². The average molecular weight is 248 g/mol. The predicted octanol–water partition coefficient (Wildman–Crippen LogP) is 2.85. The zero-order chi connectivity index (χ0) is 12.2. The minimum atomic E-state index is -4.45. The summed E-state index contributed by atoms with van der Waals surface area (Å²) in [5.74, 6) is -1.94. The third-order valence-corrected chi connectivity index (χ3v) is 3.09. The van der Waals surface area contributed by atoms with Crippen molar-refractivity contribution in [2.24, 2.45) is 5.92 Å². The number of nitriles is 1. The molecule has 0 fully saturated rings. The van der Waals surface area contributed by atoms with Gasteiger partial charge in [-0.25, -0.2) is 0 Å². The molecule has 0 bridgehead atoms. The predicted molar refractivity (Wildman–Crippen MR) is 55.9 cm³/mol. The van der Waals surface area contributed by atoms with Crippen LogP contribution in [0.5, 0.6) is 0 Å². The van der Waals surface area contributed by atoms with Crippen LogP contribution in [0, 0.1) is 24.2 Å². The Hall–Kier alpha value is -1.06. The highest BCUT2D eigenvalue weighted by Crippen LogP contribution is 2.25. The second-order valence-corrected chi connectivity index (χ2v) is 4.18. The van der Waals surface area contributed by atoms with E-state index in [1.165, 1.54) is 17.4 Å². The summed E-state index contributed by atoms with van der Waals surface area (Å²) in [5, 5.41) is 14.8. The van der Waals surface area contributed by atoms with Crippen molar-refractivity contribution in [1.29, 1.82) is 5.26 Å². The highest BCUT2D eigenvalue weighted by atomic mass is 32.1. The summed E-state index contributed by atoms with van der Waals surface area (Å²) < 4.78 is 36.6. The lowest BCUT2D eigenvalue weighted by atomic mass is 10.1. The fraction of sp³-hybridized carbons (Fsp3) is 0.500. The molecule has 0 aromatic carbocycles. The van der Waals surface area contributed by atoms with E-state index in [1.54, 1.807) is 0 Å². The molecule has 0 aliphatic carbocycles. The van der Waals surface area contributed by atoms with Gasteiger partial charge in [-0.05, 0) is 28.8 Å². The van der Waals surface area contributed by atoms with Crippen LogP contribution >= 0.6 is 11.3 Å². The molecule has 1 aromatic heterocycles. The van der Waals surface area contributed by atoms with E-state index < -0.39 is 12.1 Å². The molecule has 0 aliphatic heterocycles. The van der Waals surface area contributed by atoms with Gasteiger partial charge < -0.3 is 5.32 Å². The standard InChI is InChI=1S/C10H11F3N2S/c1-7-5-16-6-8(7)3-15-4-9(2-14)10(11,12)13/h5-6,9,15H,3-4H2,1H3. The van der Waals surface area contributed by atoms with Crippen LogP contribution in [0.2, 0.25) is 0 Å². The minimum absolute atomic E-state index is 0.365. The molecule has 1 N–H and O–H groups in total. The Balaban J connectivity index is 2.41. The zero-order valence-electron chi connectivity index (χ0n) is 8.64. The molecule has 0 radical (unpaired) electrons. The van der Waals surface area contributed by atoms with Crippen molar-refractivity contribution in [3.63, 3.8) is 0 Å². The summed E-state index contributed by atoms with van der Waals surface area (Å²) >= 11 is 1.51. The van der Waals surface area contributed by atoms with E-state index >= 15 is 0 Å². The molecule has 1 rings (SSSR count). The summed E-state index contributed by atoms with van der Waals surface area (Å²) in [5.41, 5.74) is 2.03. The molecule has 6 heteroatoms. The van der Waals surface area contributed by atoms with E-state index in [1.807, 2.05) is 17.7 Å². The van der Waals surface area contributed by atoms with E-state index in [0.717, 1.165) is 11.1 Å². The van der Waals surface area contributed by atoms with Gasteiger partial charge in [0.15, 0.2) is 5.92 Å². The fourth-order valence-electron chi connectivity index (χ4n) is 1.15. The Kier molecular flexibility index (Phi) is 4.33. The fourth-order valence-corrected chi connectivity index (χ4v) is 2.01. The number of alkyl halides is 3. The minimum Gasteiger partial charge on any atom is -0.311 e. The molecular formula is C10H11F3N2S. The molecular weight excluding hydrogens is 237 g/mol. The van der Waals surface area contributed by atoms with E-state index in [4.69, 9.17) is 5.26 Å². The summed E-state index contributed by atoms with van der Waals surface area (Å²) in [6.07, 6.45) is -4.45. The van der Waals surface area contributed by atoms with Crippen molar-refractivity contribution in [3.8, 4) is 6.07 Å². The maximum Gasteiger partial charge on any atom is 0.405 e. The van der Waals surface area contributed by atoms with Crippen LogP contribution in [0.4, 0.5) is 13.2 Å². The highest BCUT2D eigenvalue weighted by molar-refractivity contribution is 7.08. The lowest BCUT2D eigenvalue weighted by molar-refractivity contribution is -0.157. The third kappa shape index (κ3) is 3.51. The van der Waals surface area contributed by atoms with Crippen molar-refractivity contribution >= 4 is 11.3 Å². The van der Waals surface area contributed by atoms with Gasteiger partial charge in [0.05, 0.1) is 6.07 Å². The Morgan fingerprint density at radius 3 is 2.62 bits per heavy atom. The first kappa shape index (κ1) is 13.0. The summed E-state index contributed by atoms with van der Waals surface area (Å²) in [6, 6.07) is 1.25. The van der Waals surface area contributed by atoms with Gasteiger partial charge in [-0.1, -0.05) is 0 Å². The molecule has 0 aliphatic rings. The van der Waals surface area contributed by atoms with Crippen molar-refractivity contribution in [2.75, 3.05) is 6.54 Å². The molecule has 1 heterocycles. The van der Waals surface area contributed by atoms with Crippen LogP contribution in [-0.4, -0.2) is 12.7 Å². The van der Waals surface area contributed by atoms with Gasteiger partial charge in [0.1, 0.15) is 0 Å². The Labute approximate surface area is 95.7 Å². The van der Waals surface area contributed by atoms with Gasteiger partial charge in [0.25, 0.3) is 0 Å². The first-order valence-electron chi connectivity index (χ1n) is 4.64. The second-order valence-electron chi connectivity index (χ2n) is 3.43. The number of hydrogen-bond donors (Lipinski definition) is 1. The normalized spacial score (nSPS) is 13.4. The van der Waals surface area contributed by atoms with Crippen LogP contribution in [0.1, 0.15) is 11.1 Å². The molecule has 1 unspecified atom stereocenters. The molecule has 0 saturated carbocycles. The largest absolute Gasteiger partial charge is 0.405 e. The molecule has 88 valence electrons. The average Bonchev–Trinajstić information content (AvgIpc) is 2.57. The van der Waals surface area contributed by atoms with Crippen molar-refractivity contribution in [1.82, 2.24) is 5.32 Å². The van der Waals surface area contributed by atoms with Gasteiger partial charge in [0.2, 0.25) is 0 Å². The zero-order valence-corrected chi connectivity index (χ0v) is 9.45. The van der Waals surface area contributed by atoms with Crippen LogP contribution in [0.15, 0.2) is 10.8 Å². The maximum atomic E-state index is 12.2. The van der Waals surface area contributed by atoms with Gasteiger partial charge in [-0.2, -0.15) is 29.8 Å². The van der Waals surface area contributed by atoms with Crippen molar-refractivity contribution < 1.29 is 13.2 Å². The van der Waals surface area contributed by atoms with Gasteiger partial charge in [-0.3, -0.25) is 0 Å². The van der Waals surface area contributed by atoms with Crippen LogP contribution in [0.3, 0.4) is 0 Å². The number of nitrogens with zero attached hydrogens (tertiary/aromatic N) is 1. The number of thiophene rings is 1. The topological polar surface area (TPSA) is 35.8 Å². The van der Waals surface area contributed by atoms with Gasteiger partial charge in [0, 0.05) is 13.1 Å². The smallest absolute Gasteiger partial charge is 0.311 e. The van der Waals surface area contributed by atoms with Crippen LogP contribution < -0.4 is 5.32 Å². The van der Waals surface area contributed by atoms with Crippen molar-refractivity contribution in [2.45, 2.75) is 19.6 Å². The first-order valence-corrected chi connectivity index (χ1v) is 5.58. The van der Waals surface area contributed by atoms with Crippen molar-refractivity contribution in [3.05, 3.63) is 21.9 Å². The van der Waals surface area contributed by atoms with Crippen LogP contribution in [-0.2, 0) is 6.54 Å². The summed E-state index contributed by atoms with van der Waals surface area (Å²) in [6.45, 7) is 1.90. The monoisotopic (exact) mass is 248 g/mol. The number of halogens is 3. The molecule has 0 amide bonds. The molecule has 16 heavy (non-hydrogen) atoms. The third-order valence-electron chi connectivity index (χ3n) is 2.18. The number of hydrogen-bond acceptors (Lipinski definition) is 3. The molecule has 2 nitrogen and oxygen atoms in total. The molecule has 1 atom stereocenters. The molecule has 0 spiro atoms.